The summed E-state index contributed by atoms with van der Waals surface area (Å²) in [7, 11) is 0. The topological polar surface area (TPSA) is 33.6 Å². The van der Waals surface area contributed by atoms with Gasteiger partial charge in [-0.2, -0.15) is 5.26 Å². The van der Waals surface area contributed by atoms with E-state index in [0.29, 0.717) is 16.9 Å². The van der Waals surface area contributed by atoms with E-state index in [0.717, 1.165) is 22.3 Å². The van der Waals surface area contributed by atoms with Gasteiger partial charge >= 0.3 is 0 Å². The van der Waals surface area contributed by atoms with Gasteiger partial charge in [-0.15, -0.1) is 0 Å². The molecule has 7 aromatic carbocycles. The van der Waals surface area contributed by atoms with E-state index < -0.39 is 24.2 Å². The standard InChI is InChI=1S/C43H27N3/c44-28-29-17-19-31(20-18-29)32-21-23-34(24-22-32)45-38-15-6-4-13-36(38)42-40(45)25-26-41-43(42)37-14-5-7-16-39(37)46(41)35-12-8-11-33(27-35)30-9-2-1-3-10-30/h1-27H/i4D,5D,6D,7D,13D,14D,15D,16D,25D,26D. The van der Waals surface area contributed by atoms with Gasteiger partial charge in [0.2, 0.25) is 0 Å². The van der Waals surface area contributed by atoms with Gasteiger partial charge in [-0.05, 0) is 82.8 Å². The monoisotopic (exact) mass is 595 g/mol. The first kappa shape index (κ1) is 17.8. The Kier molecular flexibility index (Phi) is 4.01. The van der Waals surface area contributed by atoms with Gasteiger partial charge < -0.3 is 9.13 Å². The smallest absolute Gasteiger partial charge is 0.0991 e. The molecule has 0 saturated carbocycles. The number of fused-ring (bicyclic) bond motifs is 7. The first-order chi connectivity index (χ1) is 26.9. The molecule has 214 valence electrons. The Bertz CT molecular complexity index is 3180. The average Bonchev–Trinajstić information content (AvgIpc) is 3.78. The normalized spacial score (nSPS) is 14.5. The predicted octanol–water partition coefficient (Wildman–Crippen LogP) is 11.1. The zero-order valence-electron chi connectivity index (χ0n) is 34.2. The molecule has 0 amide bonds. The van der Waals surface area contributed by atoms with Crippen molar-refractivity contribution in [1.29, 1.82) is 5.26 Å². The largest absolute Gasteiger partial charge is 0.309 e. The fourth-order valence-corrected chi connectivity index (χ4v) is 6.35. The summed E-state index contributed by atoms with van der Waals surface area (Å²) < 4.78 is 94.1. The van der Waals surface area contributed by atoms with E-state index in [9.17, 15) is 12.1 Å². The molecule has 2 heterocycles. The highest BCUT2D eigenvalue weighted by atomic mass is 15.0. The van der Waals surface area contributed by atoms with Crippen molar-refractivity contribution in [2.24, 2.45) is 0 Å². The summed E-state index contributed by atoms with van der Waals surface area (Å²) >= 11 is 0. The van der Waals surface area contributed by atoms with Gasteiger partial charge in [-0.1, -0.05) is 103 Å². The van der Waals surface area contributed by atoms with Gasteiger partial charge in [0.05, 0.1) is 47.4 Å². The van der Waals surface area contributed by atoms with Crippen molar-refractivity contribution in [3.63, 3.8) is 0 Å². The SMILES string of the molecule is [2H]c1c([2H])c([2H])c2c(c1[2H])c1c3c4c([2H])c([2H])c([2H])c([2H])c4n(-c4cccc(-c5ccccc5)c4)c3c([2H])c([2H])c1n2-c1ccc(-c2ccc(C#N)cc2)cc1. The molecule has 0 spiro atoms. The Morgan fingerprint density at radius 3 is 1.59 bits per heavy atom. The Morgan fingerprint density at radius 2 is 0.978 bits per heavy atom. The average molecular weight is 596 g/mol. The molecule has 46 heavy (non-hydrogen) atoms. The molecule has 9 rings (SSSR count). The molecule has 0 aliphatic rings. The molecule has 0 bridgehead atoms. The second kappa shape index (κ2) is 10.4. The van der Waals surface area contributed by atoms with Crippen LogP contribution in [0.25, 0.3) is 77.2 Å². The van der Waals surface area contributed by atoms with Crippen molar-refractivity contribution in [2.75, 3.05) is 0 Å². The van der Waals surface area contributed by atoms with Crippen molar-refractivity contribution in [3.8, 4) is 39.7 Å². The number of benzene rings is 7. The summed E-state index contributed by atoms with van der Waals surface area (Å²) in [5.74, 6) is 0. The van der Waals surface area contributed by atoms with E-state index in [1.807, 2.05) is 72.8 Å². The van der Waals surface area contributed by atoms with Crippen molar-refractivity contribution in [2.45, 2.75) is 0 Å². The van der Waals surface area contributed by atoms with Gasteiger partial charge in [-0.25, -0.2) is 0 Å². The minimum absolute atomic E-state index is 0.0603. The Morgan fingerprint density at radius 1 is 0.457 bits per heavy atom. The first-order valence-corrected chi connectivity index (χ1v) is 14.7. The van der Waals surface area contributed by atoms with Crippen LogP contribution in [0, 0.1) is 11.3 Å². The van der Waals surface area contributed by atoms with Crippen LogP contribution in [0.5, 0.6) is 0 Å². The van der Waals surface area contributed by atoms with Crippen molar-refractivity contribution in [3.05, 3.63) is 169 Å². The van der Waals surface area contributed by atoms with Crippen LogP contribution in [0.3, 0.4) is 0 Å². The van der Waals surface area contributed by atoms with E-state index in [2.05, 4.69) is 6.07 Å². The minimum atomic E-state index is -0.506. The van der Waals surface area contributed by atoms with Gasteiger partial charge in [0.15, 0.2) is 0 Å². The fourth-order valence-electron chi connectivity index (χ4n) is 6.35. The Hall–Kier alpha value is -6.37. The summed E-state index contributed by atoms with van der Waals surface area (Å²) in [4.78, 5) is 0. The third-order valence-corrected chi connectivity index (χ3v) is 8.44. The van der Waals surface area contributed by atoms with Crippen LogP contribution >= 0.6 is 0 Å². The lowest BCUT2D eigenvalue weighted by atomic mass is 10.0. The first-order valence-electron chi connectivity index (χ1n) is 19.7. The van der Waals surface area contributed by atoms with Crippen molar-refractivity contribution in [1.82, 2.24) is 9.13 Å². The van der Waals surface area contributed by atoms with Crippen LogP contribution in [-0.2, 0) is 0 Å². The molecule has 0 unspecified atom stereocenters. The van der Waals surface area contributed by atoms with Crippen LogP contribution in [-0.4, -0.2) is 9.13 Å². The van der Waals surface area contributed by atoms with E-state index in [-0.39, 0.29) is 79.9 Å². The minimum Gasteiger partial charge on any atom is -0.309 e. The molecular formula is C43H27N3. The zero-order valence-corrected chi connectivity index (χ0v) is 24.2. The molecular weight excluding hydrogens is 558 g/mol. The van der Waals surface area contributed by atoms with Crippen LogP contribution in [0.2, 0.25) is 0 Å². The maximum atomic E-state index is 9.63. The number of hydrogen-bond donors (Lipinski definition) is 0. The van der Waals surface area contributed by atoms with Crippen LogP contribution in [0.15, 0.2) is 164 Å². The molecule has 0 aliphatic heterocycles. The Labute approximate surface area is 280 Å². The highest BCUT2D eigenvalue weighted by molar-refractivity contribution is 6.28. The highest BCUT2D eigenvalue weighted by Gasteiger charge is 2.20. The molecule has 0 saturated heterocycles. The number of hydrogen-bond acceptors (Lipinski definition) is 1. The molecule has 0 radical (unpaired) electrons. The second-order valence-electron chi connectivity index (χ2n) is 11.0. The third-order valence-electron chi connectivity index (χ3n) is 8.44. The van der Waals surface area contributed by atoms with Crippen LogP contribution in [0.4, 0.5) is 0 Å². The summed E-state index contributed by atoms with van der Waals surface area (Å²) in [6.45, 7) is 0. The third kappa shape index (κ3) is 3.98. The highest BCUT2D eigenvalue weighted by Crippen LogP contribution is 2.42. The number of para-hydroxylation sites is 2. The molecule has 3 nitrogen and oxygen atoms in total. The summed E-state index contributed by atoms with van der Waals surface area (Å²) in [5.41, 5.74) is 5.15. The molecule has 9 aromatic rings. The lowest BCUT2D eigenvalue weighted by Crippen LogP contribution is -1.95. The zero-order chi connectivity index (χ0) is 39.3. The predicted molar refractivity (Wildman–Crippen MR) is 191 cm³/mol. The van der Waals surface area contributed by atoms with E-state index >= 15 is 0 Å². The maximum Gasteiger partial charge on any atom is 0.0991 e. The number of nitrogens with zero attached hydrogens (tertiary/aromatic N) is 3. The Balaban J connectivity index is 1.48. The summed E-state index contributed by atoms with van der Waals surface area (Å²) in [6, 6.07) is 29.2. The van der Waals surface area contributed by atoms with Gasteiger partial charge in [-0.3, -0.25) is 0 Å². The maximum absolute atomic E-state index is 9.63. The summed E-state index contributed by atoms with van der Waals surface area (Å²) in [5, 5.41) is 9.73. The molecule has 0 fully saturated rings. The van der Waals surface area contributed by atoms with Crippen molar-refractivity contribution >= 4 is 43.6 Å². The second-order valence-corrected chi connectivity index (χ2v) is 11.0. The molecule has 0 atom stereocenters. The van der Waals surface area contributed by atoms with Gasteiger partial charge in [0.1, 0.15) is 0 Å². The van der Waals surface area contributed by atoms with Crippen LogP contribution < -0.4 is 0 Å². The van der Waals surface area contributed by atoms with Gasteiger partial charge in [0.25, 0.3) is 0 Å². The lowest BCUT2D eigenvalue weighted by Gasteiger charge is -2.11. The number of nitriles is 1. The van der Waals surface area contributed by atoms with E-state index in [4.69, 9.17) is 6.85 Å². The molecule has 0 N–H and O–H groups in total. The molecule has 3 heteroatoms. The summed E-state index contributed by atoms with van der Waals surface area (Å²) in [6.07, 6.45) is 0. The molecule has 0 aliphatic carbocycles. The quantitative estimate of drug-likeness (QED) is 0.199. The fraction of sp³-hybridized carbons (Fsp3) is 0. The van der Waals surface area contributed by atoms with Crippen LogP contribution in [0.1, 0.15) is 19.3 Å². The van der Waals surface area contributed by atoms with Gasteiger partial charge in [0, 0.05) is 32.9 Å². The lowest BCUT2D eigenvalue weighted by molar-refractivity contribution is 1.17. The molecule has 2 aromatic heterocycles. The van der Waals surface area contributed by atoms with E-state index in [1.165, 1.54) is 0 Å². The number of aromatic nitrogens is 2. The van der Waals surface area contributed by atoms with E-state index in [1.54, 1.807) is 39.5 Å². The van der Waals surface area contributed by atoms with Crippen molar-refractivity contribution < 1.29 is 13.7 Å². The number of rotatable bonds is 4.